The van der Waals surface area contributed by atoms with Crippen LogP contribution in [0, 0.1) is 0 Å². The Labute approximate surface area is 128 Å². The van der Waals surface area contributed by atoms with E-state index in [1.54, 1.807) is 6.07 Å². The van der Waals surface area contributed by atoms with Crippen molar-refractivity contribution in [1.29, 1.82) is 0 Å². The fourth-order valence-electron chi connectivity index (χ4n) is 2.61. The molecule has 2 aromatic carbocycles. The van der Waals surface area contributed by atoms with Crippen molar-refractivity contribution in [2.45, 2.75) is 6.42 Å². The van der Waals surface area contributed by atoms with Gasteiger partial charge in [0, 0.05) is 12.2 Å². The predicted octanol–water partition coefficient (Wildman–Crippen LogP) is 2.71. The molecule has 0 aliphatic heterocycles. The summed E-state index contributed by atoms with van der Waals surface area (Å²) in [7, 11) is 0. The first-order chi connectivity index (χ1) is 10.7. The number of hydrogen-bond donors (Lipinski definition) is 2. The van der Waals surface area contributed by atoms with Gasteiger partial charge in [-0.2, -0.15) is 0 Å². The summed E-state index contributed by atoms with van der Waals surface area (Å²) in [5, 5.41) is 9.29. The van der Waals surface area contributed by atoms with Crippen LogP contribution in [0.1, 0.15) is 22.3 Å². The number of benzene rings is 2. The summed E-state index contributed by atoms with van der Waals surface area (Å²) in [5.74, 6) is -0.182. The van der Waals surface area contributed by atoms with Gasteiger partial charge in [-0.1, -0.05) is 42.5 Å². The van der Waals surface area contributed by atoms with Crippen molar-refractivity contribution in [3.05, 3.63) is 71.4 Å². The first-order valence-corrected chi connectivity index (χ1v) is 7.10. The molecule has 3 rings (SSSR count). The Kier molecular flexibility index (Phi) is 3.85. The lowest BCUT2D eigenvalue weighted by molar-refractivity contribution is 0.106. The molecule has 0 unspecified atom stereocenters. The van der Waals surface area contributed by atoms with E-state index in [1.165, 1.54) is 0 Å². The van der Waals surface area contributed by atoms with Gasteiger partial charge in [-0.25, -0.2) is 4.99 Å². The summed E-state index contributed by atoms with van der Waals surface area (Å²) in [6, 6.07) is 16.5. The van der Waals surface area contributed by atoms with Crippen LogP contribution >= 0.6 is 0 Å². The number of ketones is 1. The number of aliphatic hydroxyl groups excluding tert-OH is 1. The smallest absolute Gasteiger partial charge is 0.214 e. The van der Waals surface area contributed by atoms with E-state index in [0.29, 0.717) is 23.4 Å². The van der Waals surface area contributed by atoms with E-state index in [4.69, 9.17) is 5.73 Å². The highest BCUT2D eigenvalue weighted by Gasteiger charge is 2.28. The Bertz CT molecular complexity index is 777. The summed E-state index contributed by atoms with van der Waals surface area (Å²) in [6.45, 7) is -0.0306. The minimum absolute atomic E-state index is 0.0306. The molecular weight excluding hydrogens is 276 g/mol. The van der Waals surface area contributed by atoms with Gasteiger partial charge in [-0.05, 0) is 29.7 Å². The Morgan fingerprint density at radius 2 is 1.59 bits per heavy atom. The second-order valence-electron chi connectivity index (χ2n) is 5.04. The molecule has 0 radical (unpaired) electrons. The number of carbonyl (C=O) groups excluding carboxylic acids is 1. The van der Waals surface area contributed by atoms with Crippen LogP contribution in [0.15, 0.2) is 65.3 Å². The topological polar surface area (TPSA) is 75.7 Å². The highest BCUT2D eigenvalue weighted by atomic mass is 16.3. The third kappa shape index (κ3) is 2.44. The Morgan fingerprint density at radius 1 is 0.955 bits per heavy atom. The van der Waals surface area contributed by atoms with Crippen molar-refractivity contribution < 1.29 is 9.90 Å². The fourth-order valence-corrected chi connectivity index (χ4v) is 2.61. The SMILES string of the molecule is NC1=C(CCO)c2ccccc2C(=O)C1=Nc1ccccc1. The lowest BCUT2D eigenvalue weighted by atomic mass is 9.85. The zero-order valence-electron chi connectivity index (χ0n) is 12.0. The van der Waals surface area contributed by atoms with Crippen molar-refractivity contribution in [3.63, 3.8) is 0 Å². The molecule has 0 aromatic heterocycles. The van der Waals surface area contributed by atoms with Gasteiger partial charge < -0.3 is 10.8 Å². The molecule has 4 heteroatoms. The highest BCUT2D eigenvalue weighted by molar-refractivity contribution is 6.54. The molecule has 110 valence electrons. The maximum atomic E-state index is 12.7. The molecule has 3 N–H and O–H groups in total. The van der Waals surface area contributed by atoms with E-state index >= 15 is 0 Å². The number of rotatable bonds is 3. The average molecular weight is 292 g/mol. The van der Waals surface area contributed by atoms with E-state index in [0.717, 1.165) is 11.1 Å². The van der Waals surface area contributed by atoms with Gasteiger partial charge >= 0.3 is 0 Å². The molecule has 1 aliphatic carbocycles. The molecule has 0 bridgehead atoms. The number of aliphatic imine (C=N–C) groups is 1. The summed E-state index contributed by atoms with van der Waals surface area (Å²) in [6.07, 6.45) is 0.393. The van der Waals surface area contributed by atoms with Crippen LogP contribution < -0.4 is 5.73 Å². The van der Waals surface area contributed by atoms with Crippen LogP contribution in [-0.2, 0) is 0 Å². The zero-order chi connectivity index (χ0) is 15.5. The number of nitrogens with two attached hydrogens (primary N) is 1. The summed E-state index contributed by atoms with van der Waals surface area (Å²) < 4.78 is 0. The first kappa shape index (κ1) is 14.2. The number of Topliss-reactive ketones (excluding diaryl/α,β-unsaturated/α-hetero) is 1. The maximum Gasteiger partial charge on any atom is 0.214 e. The Hall–Kier alpha value is -2.72. The first-order valence-electron chi connectivity index (χ1n) is 7.10. The van der Waals surface area contributed by atoms with Gasteiger partial charge in [-0.3, -0.25) is 4.79 Å². The standard InChI is InChI=1S/C18H16N2O2/c19-16-14(10-11-21)13-8-4-5-9-15(13)18(22)17(16)20-12-6-2-1-3-7-12/h1-9,21H,10-11,19H2. The van der Waals surface area contributed by atoms with Crippen LogP contribution in [-0.4, -0.2) is 23.2 Å². The van der Waals surface area contributed by atoms with Gasteiger partial charge in [-0.15, -0.1) is 0 Å². The second-order valence-corrected chi connectivity index (χ2v) is 5.04. The number of carbonyl (C=O) groups is 1. The second kappa shape index (κ2) is 5.95. The van der Waals surface area contributed by atoms with Gasteiger partial charge in [0.1, 0.15) is 5.71 Å². The predicted molar refractivity (Wildman–Crippen MR) is 87.1 cm³/mol. The molecule has 0 saturated carbocycles. The van der Waals surface area contributed by atoms with Gasteiger partial charge in [0.2, 0.25) is 5.78 Å². The molecule has 0 amide bonds. The van der Waals surface area contributed by atoms with E-state index < -0.39 is 0 Å². The monoisotopic (exact) mass is 292 g/mol. The number of hydrogen-bond acceptors (Lipinski definition) is 4. The molecule has 1 aliphatic rings. The minimum atomic E-state index is -0.182. The van der Waals surface area contributed by atoms with Crippen LogP contribution in [0.3, 0.4) is 0 Å². The van der Waals surface area contributed by atoms with Crippen molar-refractivity contribution in [2.75, 3.05) is 6.61 Å². The third-order valence-corrected chi connectivity index (χ3v) is 3.65. The van der Waals surface area contributed by atoms with Crippen molar-refractivity contribution in [1.82, 2.24) is 0 Å². The van der Waals surface area contributed by atoms with Crippen molar-refractivity contribution >= 4 is 22.8 Å². The summed E-state index contributed by atoms with van der Waals surface area (Å²) in [4.78, 5) is 17.1. The molecule has 0 spiro atoms. The van der Waals surface area contributed by atoms with Crippen molar-refractivity contribution in [3.8, 4) is 0 Å². The number of para-hydroxylation sites is 1. The number of fused-ring (bicyclic) bond motifs is 1. The molecule has 0 fully saturated rings. The molecular formula is C18H16N2O2. The molecule has 0 heterocycles. The van der Waals surface area contributed by atoms with E-state index in [9.17, 15) is 9.90 Å². The summed E-state index contributed by atoms with van der Waals surface area (Å²) in [5.41, 5.74) is 9.58. The highest BCUT2D eigenvalue weighted by Crippen LogP contribution is 2.31. The van der Waals surface area contributed by atoms with Crippen LogP contribution in [0.5, 0.6) is 0 Å². The third-order valence-electron chi connectivity index (χ3n) is 3.65. The summed E-state index contributed by atoms with van der Waals surface area (Å²) >= 11 is 0. The molecule has 2 aromatic rings. The van der Waals surface area contributed by atoms with E-state index in [-0.39, 0.29) is 18.1 Å². The van der Waals surface area contributed by atoms with E-state index in [1.807, 2.05) is 48.5 Å². The van der Waals surface area contributed by atoms with Gasteiger partial charge in [0.25, 0.3) is 0 Å². The molecule has 4 nitrogen and oxygen atoms in total. The van der Waals surface area contributed by atoms with Crippen LogP contribution in [0.4, 0.5) is 5.69 Å². The number of allylic oxidation sites excluding steroid dienone is 1. The number of aliphatic hydroxyl groups is 1. The zero-order valence-corrected chi connectivity index (χ0v) is 12.0. The minimum Gasteiger partial charge on any atom is -0.397 e. The molecule has 22 heavy (non-hydrogen) atoms. The Balaban J connectivity index is 2.18. The fraction of sp³-hybridized carbons (Fsp3) is 0.111. The van der Waals surface area contributed by atoms with E-state index in [2.05, 4.69) is 4.99 Å². The van der Waals surface area contributed by atoms with Gasteiger partial charge in [0.15, 0.2) is 0 Å². The lowest BCUT2D eigenvalue weighted by Crippen LogP contribution is -2.28. The molecule has 0 saturated heterocycles. The quantitative estimate of drug-likeness (QED) is 0.913. The maximum absolute atomic E-state index is 12.7. The van der Waals surface area contributed by atoms with Gasteiger partial charge in [0.05, 0.1) is 11.4 Å². The molecule has 0 atom stereocenters. The average Bonchev–Trinajstić information content (AvgIpc) is 2.56. The largest absolute Gasteiger partial charge is 0.397 e. The van der Waals surface area contributed by atoms with Crippen LogP contribution in [0.25, 0.3) is 5.57 Å². The van der Waals surface area contributed by atoms with Crippen molar-refractivity contribution in [2.24, 2.45) is 10.7 Å². The Morgan fingerprint density at radius 3 is 2.27 bits per heavy atom. The van der Waals surface area contributed by atoms with Crippen LogP contribution in [0.2, 0.25) is 0 Å². The number of nitrogens with zero attached hydrogens (tertiary/aromatic N) is 1. The normalized spacial score (nSPS) is 16.0. The lowest BCUT2D eigenvalue weighted by Gasteiger charge is -2.21.